The van der Waals surface area contributed by atoms with Crippen molar-refractivity contribution in [2.45, 2.75) is 19.8 Å². The number of nitrogens with zero attached hydrogens (tertiary/aromatic N) is 1. The van der Waals surface area contributed by atoms with Gasteiger partial charge in [-0.25, -0.2) is 0 Å². The molecule has 1 rings (SSSR count). The third kappa shape index (κ3) is 2.61. The molecule has 0 aromatic rings. The molecule has 0 unspecified atom stereocenters. The number of rotatable bonds is 1. The van der Waals surface area contributed by atoms with Crippen molar-refractivity contribution in [3.63, 3.8) is 0 Å². The molecular weight excluding hydrogens is 253 g/mol. The molecule has 11 heavy (non-hydrogen) atoms. The Morgan fingerprint density at radius 2 is 2.45 bits per heavy atom. The fraction of sp³-hybridized carbons (Fsp3) is 0.875. The van der Waals surface area contributed by atoms with Crippen LogP contribution in [0.3, 0.4) is 0 Å². The number of amides is 1. The fourth-order valence-corrected chi connectivity index (χ4v) is 2.20. The third-order valence-corrected chi connectivity index (χ3v) is 3.43. The minimum Gasteiger partial charge on any atom is -0.343 e. The zero-order chi connectivity index (χ0) is 8.27. The van der Waals surface area contributed by atoms with Gasteiger partial charge in [0.2, 0.25) is 5.91 Å². The van der Waals surface area contributed by atoms with E-state index in [2.05, 4.69) is 22.6 Å². The van der Waals surface area contributed by atoms with Crippen molar-refractivity contribution in [2.75, 3.05) is 17.5 Å². The highest BCUT2D eigenvalue weighted by atomic mass is 127. The summed E-state index contributed by atoms with van der Waals surface area (Å²) in [6.45, 7) is 3.62. The summed E-state index contributed by atoms with van der Waals surface area (Å²) in [5.74, 6) is 0.979. The van der Waals surface area contributed by atoms with Gasteiger partial charge in [-0.15, -0.1) is 0 Å². The lowest BCUT2D eigenvalue weighted by molar-refractivity contribution is -0.130. The average Bonchev–Trinajstić information content (AvgIpc) is 2.05. The van der Waals surface area contributed by atoms with Gasteiger partial charge >= 0.3 is 0 Å². The molecule has 64 valence electrons. The van der Waals surface area contributed by atoms with Gasteiger partial charge in [0.1, 0.15) is 0 Å². The van der Waals surface area contributed by atoms with Gasteiger partial charge in [-0.3, -0.25) is 4.79 Å². The maximum atomic E-state index is 11.0. The van der Waals surface area contributed by atoms with Gasteiger partial charge in [-0.2, -0.15) is 0 Å². The average molecular weight is 267 g/mol. The Morgan fingerprint density at radius 3 is 3.00 bits per heavy atom. The lowest BCUT2D eigenvalue weighted by Gasteiger charge is -2.30. The fourth-order valence-electron chi connectivity index (χ4n) is 1.48. The molecule has 1 aliphatic heterocycles. The second-order valence-corrected chi connectivity index (χ2v) is 4.01. The lowest BCUT2D eigenvalue weighted by atomic mass is 10.0. The lowest BCUT2D eigenvalue weighted by Crippen LogP contribution is -2.38. The molecule has 0 radical (unpaired) electrons. The van der Waals surface area contributed by atoms with Gasteiger partial charge in [0.15, 0.2) is 0 Å². The summed E-state index contributed by atoms with van der Waals surface area (Å²) in [5, 5.41) is 0. The Balaban J connectivity index is 2.39. The van der Waals surface area contributed by atoms with E-state index in [1.165, 1.54) is 17.3 Å². The van der Waals surface area contributed by atoms with Gasteiger partial charge in [0, 0.05) is 24.4 Å². The van der Waals surface area contributed by atoms with Crippen LogP contribution in [0, 0.1) is 5.92 Å². The van der Waals surface area contributed by atoms with Crippen molar-refractivity contribution >= 4 is 28.5 Å². The molecule has 0 spiro atoms. The number of likely N-dealkylation sites (tertiary alicyclic amines) is 1. The molecule has 0 aliphatic carbocycles. The van der Waals surface area contributed by atoms with Crippen molar-refractivity contribution in [1.29, 1.82) is 0 Å². The van der Waals surface area contributed by atoms with Crippen LogP contribution in [-0.4, -0.2) is 28.3 Å². The highest BCUT2D eigenvalue weighted by Crippen LogP contribution is 2.18. The Kier molecular flexibility index (Phi) is 3.62. The van der Waals surface area contributed by atoms with E-state index in [9.17, 15) is 4.79 Å². The molecule has 0 saturated carbocycles. The summed E-state index contributed by atoms with van der Waals surface area (Å²) in [7, 11) is 0. The SMILES string of the molecule is CC(=O)N1CCC[C@@H](CI)C1. The Bertz CT molecular complexity index is 149. The first-order chi connectivity index (χ1) is 5.24. The van der Waals surface area contributed by atoms with Gasteiger partial charge in [0.05, 0.1) is 0 Å². The zero-order valence-electron chi connectivity index (χ0n) is 6.85. The summed E-state index contributed by atoms with van der Waals surface area (Å²) in [4.78, 5) is 12.9. The first-order valence-electron chi connectivity index (χ1n) is 4.05. The maximum absolute atomic E-state index is 11.0. The molecule has 1 heterocycles. The maximum Gasteiger partial charge on any atom is 0.219 e. The second-order valence-electron chi connectivity index (χ2n) is 3.13. The molecule has 0 aromatic carbocycles. The van der Waals surface area contributed by atoms with Gasteiger partial charge in [0.25, 0.3) is 0 Å². The van der Waals surface area contributed by atoms with E-state index in [1.54, 1.807) is 6.92 Å². The molecule has 0 aromatic heterocycles. The number of piperidine rings is 1. The van der Waals surface area contributed by atoms with Gasteiger partial charge < -0.3 is 4.90 Å². The first kappa shape index (κ1) is 9.29. The number of hydrogen-bond acceptors (Lipinski definition) is 1. The first-order valence-corrected chi connectivity index (χ1v) is 5.58. The molecule has 1 amide bonds. The predicted octanol–water partition coefficient (Wildman–Crippen LogP) is 1.68. The van der Waals surface area contributed by atoms with Crippen LogP contribution in [0.5, 0.6) is 0 Å². The minimum absolute atomic E-state index is 0.236. The number of carbonyl (C=O) groups is 1. The summed E-state index contributed by atoms with van der Waals surface area (Å²) < 4.78 is 1.18. The molecular formula is C8H14INO. The number of alkyl halides is 1. The van der Waals surface area contributed by atoms with Crippen LogP contribution in [0.15, 0.2) is 0 Å². The highest BCUT2D eigenvalue weighted by molar-refractivity contribution is 14.1. The van der Waals surface area contributed by atoms with Crippen molar-refractivity contribution in [3.05, 3.63) is 0 Å². The minimum atomic E-state index is 0.236. The van der Waals surface area contributed by atoms with Crippen LogP contribution in [-0.2, 0) is 4.79 Å². The van der Waals surface area contributed by atoms with E-state index in [0.29, 0.717) is 0 Å². The second kappa shape index (κ2) is 4.28. The normalized spacial score (nSPS) is 25.3. The van der Waals surface area contributed by atoms with Crippen LogP contribution >= 0.6 is 22.6 Å². The largest absolute Gasteiger partial charge is 0.343 e. The van der Waals surface area contributed by atoms with Crippen LogP contribution < -0.4 is 0 Å². The van der Waals surface area contributed by atoms with Gasteiger partial charge in [-0.05, 0) is 18.8 Å². The highest BCUT2D eigenvalue weighted by Gasteiger charge is 2.19. The smallest absolute Gasteiger partial charge is 0.219 e. The zero-order valence-corrected chi connectivity index (χ0v) is 9.00. The topological polar surface area (TPSA) is 20.3 Å². The third-order valence-electron chi connectivity index (χ3n) is 2.18. The standard InChI is InChI=1S/C8H14INO/c1-7(11)10-4-2-3-8(5-9)6-10/h8H,2-6H2,1H3/t8-/m0/s1. The van der Waals surface area contributed by atoms with E-state index in [0.717, 1.165) is 19.0 Å². The predicted molar refractivity (Wildman–Crippen MR) is 53.9 cm³/mol. The van der Waals surface area contributed by atoms with Crippen LogP contribution in [0.2, 0.25) is 0 Å². The molecule has 0 bridgehead atoms. The van der Waals surface area contributed by atoms with Crippen molar-refractivity contribution in [2.24, 2.45) is 5.92 Å². The Labute approximate surface area is 81.5 Å². The number of hydrogen-bond donors (Lipinski definition) is 0. The van der Waals surface area contributed by atoms with Crippen LogP contribution in [0.4, 0.5) is 0 Å². The number of halogens is 1. The van der Waals surface area contributed by atoms with Crippen molar-refractivity contribution < 1.29 is 4.79 Å². The van der Waals surface area contributed by atoms with Crippen LogP contribution in [0.1, 0.15) is 19.8 Å². The molecule has 2 nitrogen and oxygen atoms in total. The molecule has 0 N–H and O–H groups in total. The van der Waals surface area contributed by atoms with E-state index in [1.807, 2.05) is 4.90 Å². The van der Waals surface area contributed by atoms with E-state index in [4.69, 9.17) is 0 Å². The van der Waals surface area contributed by atoms with E-state index < -0.39 is 0 Å². The monoisotopic (exact) mass is 267 g/mol. The molecule has 1 aliphatic rings. The molecule has 3 heteroatoms. The molecule has 1 fully saturated rings. The van der Waals surface area contributed by atoms with Gasteiger partial charge in [-0.1, -0.05) is 22.6 Å². The molecule has 1 atom stereocenters. The van der Waals surface area contributed by atoms with Crippen LogP contribution in [0.25, 0.3) is 0 Å². The summed E-state index contributed by atoms with van der Waals surface area (Å²) in [5.41, 5.74) is 0. The van der Waals surface area contributed by atoms with E-state index in [-0.39, 0.29) is 5.91 Å². The Morgan fingerprint density at radius 1 is 1.73 bits per heavy atom. The summed E-state index contributed by atoms with van der Waals surface area (Å²) in [6.07, 6.45) is 2.49. The summed E-state index contributed by atoms with van der Waals surface area (Å²) in [6, 6.07) is 0. The summed E-state index contributed by atoms with van der Waals surface area (Å²) >= 11 is 2.40. The quantitative estimate of drug-likeness (QED) is 0.523. The van der Waals surface area contributed by atoms with E-state index >= 15 is 0 Å². The Hall–Kier alpha value is 0.200. The molecule has 1 saturated heterocycles. The number of carbonyl (C=O) groups excluding carboxylic acids is 1. The van der Waals surface area contributed by atoms with Crippen molar-refractivity contribution in [3.8, 4) is 0 Å². The van der Waals surface area contributed by atoms with Crippen molar-refractivity contribution in [1.82, 2.24) is 4.90 Å².